The lowest BCUT2D eigenvalue weighted by Gasteiger charge is -2.21. The summed E-state index contributed by atoms with van der Waals surface area (Å²) in [5.74, 6) is 0. The van der Waals surface area contributed by atoms with Crippen molar-refractivity contribution < 1.29 is 0 Å². The molecule has 0 fully saturated rings. The first-order valence-corrected chi connectivity index (χ1v) is 8.56. The van der Waals surface area contributed by atoms with Crippen LogP contribution in [0.15, 0.2) is 46.9 Å². The SMILES string of the molecule is CC(N[C@@H](C)c1ccc(Br)cc1)c1ccc2c(c1)CCC2. The molecule has 0 saturated carbocycles. The van der Waals surface area contributed by atoms with E-state index in [0.29, 0.717) is 12.1 Å². The molecular formula is C19H22BrN. The van der Waals surface area contributed by atoms with Crippen LogP contribution in [0.4, 0.5) is 0 Å². The quantitative estimate of drug-likeness (QED) is 0.788. The summed E-state index contributed by atoms with van der Waals surface area (Å²) in [5.41, 5.74) is 5.83. The minimum Gasteiger partial charge on any atom is -0.304 e. The van der Waals surface area contributed by atoms with E-state index in [1.165, 1.54) is 30.4 Å². The molecule has 1 aliphatic rings. The maximum atomic E-state index is 3.71. The van der Waals surface area contributed by atoms with Gasteiger partial charge in [0.25, 0.3) is 0 Å². The Bertz CT molecular complexity index is 618. The molecule has 2 heteroatoms. The van der Waals surface area contributed by atoms with Gasteiger partial charge in [0, 0.05) is 16.6 Å². The number of nitrogens with one attached hydrogen (secondary N) is 1. The summed E-state index contributed by atoms with van der Waals surface area (Å²) in [6.45, 7) is 4.49. The van der Waals surface area contributed by atoms with Crippen LogP contribution >= 0.6 is 15.9 Å². The molecule has 1 aliphatic carbocycles. The van der Waals surface area contributed by atoms with Crippen molar-refractivity contribution in [2.24, 2.45) is 0 Å². The zero-order chi connectivity index (χ0) is 14.8. The van der Waals surface area contributed by atoms with E-state index in [1.807, 2.05) is 0 Å². The first-order chi connectivity index (χ1) is 10.1. The summed E-state index contributed by atoms with van der Waals surface area (Å²) in [7, 11) is 0. The molecule has 2 atom stereocenters. The summed E-state index contributed by atoms with van der Waals surface area (Å²) in [4.78, 5) is 0. The monoisotopic (exact) mass is 343 g/mol. The van der Waals surface area contributed by atoms with Gasteiger partial charge < -0.3 is 5.32 Å². The van der Waals surface area contributed by atoms with Crippen molar-refractivity contribution in [3.05, 3.63) is 69.2 Å². The molecule has 3 rings (SSSR count). The molecule has 110 valence electrons. The molecule has 21 heavy (non-hydrogen) atoms. The van der Waals surface area contributed by atoms with Gasteiger partial charge in [-0.2, -0.15) is 0 Å². The van der Waals surface area contributed by atoms with Gasteiger partial charge in [0.15, 0.2) is 0 Å². The highest BCUT2D eigenvalue weighted by molar-refractivity contribution is 9.10. The van der Waals surface area contributed by atoms with Crippen molar-refractivity contribution in [2.45, 2.75) is 45.2 Å². The van der Waals surface area contributed by atoms with Crippen LogP contribution in [0, 0.1) is 0 Å². The predicted molar refractivity (Wildman–Crippen MR) is 92.6 cm³/mol. The zero-order valence-corrected chi connectivity index (χ0v) is 14.3. The number of fused-ring (bicyclic) bond motifs is 1. The van der Waals surface area contributed by atoms with Gasteiger partial charge in [0.05, 0.1) is 0 Å². The number of aryl methyl sites for hydroxylation is 2. The second kappa shape index (κ2) is 6.33. The highest BCUT2D eigenvalue weighted by Crippen LogP contribution is 2.27. The van der Waals surface area contributed by atoms with Gasteiger partial charge in [-0.15, -0.1) is 0 Å². The third-order valence-corrected chi connectivity index (χ3v) is 5.02. The van der Waals surface area contributed by atoms with E-state index in [0.717, 1.165) is 4.47 Å². The van der Waals surface area contributed by atoms with E-state index in [9.17, 15) is 0 Å². The van der Waals surface area contributed by atoms with Crippen LogP contribution in [-0.2, 0) is 12.8 Å². The Balaban J connectivity index is 1.70. The van der Waals surface area contributed by atoms with E-state index in [4.69, 9.17) is 0 Å². The maximum Gasteiger partial charge on any atom is 0.0297 e. The van der Waals surface area contributed by atoms with Gasteiger partial charge in [0.2, 0.25) is 0 Å². The highest BCUT2D eigenvalue weighted by Gasteiger charge is 2.15. The summed E-state index contributed by atoms with van der Waals surface area (Å²) in [6.07, 6.45) is 3.82. The van der Waals surface area contributed by atoms with Crippen LogP contribution < -0.4 is 5.32 Å². The van der Waals surface area contributed by atoms with Crippen molar-refractivity contribution >= 4 is 15.9 Å². The molecule has 0 heterocycles. The summed E-state index contributed by atoms with van der Waals surface area (Å²) in [6, 6.07) is 16.3. The molecule has 0 aromatic heterocycles. The van der Waals surface area contributed by atoms with Crippen molar-refractivity contribution in [3.8, 4) is 0 Å². The molecule has 0 aliphatic heterocycles. The summed E-state index contributed by atoms with van der Waals surface area (Å²) in [5, 5.41) is 3.71. The van der Waals surface area contributed by atoms with Gasteiger partial charge >= 0.3 is 0 Å². The van der Waals surface area contributed by atoms with E-state index < -0.39 is 0 Å². The first kappa shape index (κ1) is 14.8. The Morgan fingerprint density at radius 1 is 0.857 bits per heavy atom. The standard InChI is InChI=1S/C19H22BrN/c1-13(15-8-10-19(20)11-9-15)21-14(2)17-7-6-16-4-3-5-18(16)12-17/h6-14,21H,3-5H2,1-2H3/t13-,14?/m0/s1. The van der Waals surface area contributed by atoms with Crippen LogP contribution in [0.2, 0.25) is 0 Å². The molecule has 2 aromatic rings. The Hall–Kier alpha value is -1.12. The van der Waals surface area contributed by atoms with Gasteiger partial charge in [-0.05, 0) is 67.5 Å². The smallest absolute Gasteiger partial charge is 0.0297 e. The fourth-order valence-electron chi connectivity index (χ4n) is 3.18. The van der Waals surface area contributed by atoms with Gasteiger partial charge in [-0.3, -0.25) is 0 Å². The highest BCUT2D eigenvalue weighted by atomic mass is 79.9. The average Bonchev–Trinajstić information content (AvgIpc) is 2.95. The van der Waals surface area contributed by atoms with E-state index in [2.05, 4.69) is 77.6 Å². The molecule has 1 N–H and O–H groups in total. The van der Waals surface area contributed by atoms with Crippen molar-refractivity contribution in [3.63, 3.8) is 0 Å². The van der Waals surface area contributed by atoms with Crippen LogP contribution in [-0.4, -0.2) is 0 Å². The van der Waals surface area contributed by atoms with Gasteiger partial charge in [0.1, 0.15) is 0 Å². The molecule has 1 unspecified atom stereocenters. The molecule has 0 saturated heterocycles. The lowest BCUT2D eigenvalue weighted by molar-refractivity contribution is 0.494. The predicted octanol–water partition coefficient (Wildman–Crippen LogP) is 5.35. The molecule has 0 bridgehead atoms. The Labute approximate surface area is 135 Å². The van der Waals surface area contributed by atoms with Crippen LogP contribution in [0.25, 0.3) is 0 Å². The fraction of sp³-hybridized carbons (Fsp3) is 0.368. The zero-order valence-electron chi connectivity index (χ0n) is 12.7. The van der Waals surface area contributed by atoms with Crippen molar-refractivity contribution in [1.82, 2.24) is 5.32 Å². The Morgan fingerprint density at radius 3 is 2.24 bits per heavy atom. The van der Waals surface area contributed by atoms with Crippen LogP contribution in [0.1, 0.15) is 54.6 Å². The van der Waals surface area contributed by atoms with Crippen molar-refractivity contribution in [2.75, 3.05) is 0 Å². The van der Waals surface area contributed by atoms with E-state index in [-0.39, 0.29) is 0 Å². The minimum absolute atomic E-state index is 0.348. The lowest BCUT2D eigenvalue weighted by atomic mass is 10.0. The number of halogens is 1. The van der Waals surface area contributed by atoms with Gasteiger partial charge in [-0.25, -0.2) is 0 Å². The summed E-state index contributed by atoms with van der Waals surface area (Å²) >= 11 is 3.49. The Kier molecular flexibility index (Phi) is 4.46. The van der Waals surface area contributed by atoms with Crippen LogP contribution in [0.5, 0.6) is 0 Å². The first-order valence-electron chi connectivity index (χ1n) is 7.76. The second-order valence-corrected chi connectivity index (χ2v) is 6.96. The van der Waals surface area contributed by atoms with E-state index >= 15 is 0 Å². The second-order valence-electron chi connectivity index (χ2n) is 6.04. The minimum atomic E-state index is 0.348. The van der Waals surface area contributed by atoms with E-state index in [1.54, 1.807) is 11.1 Å². The number of rotatable bonds is 4. The molecular weight excluding hydrogens is 322 g/mol. The molecule has 1 nitrogen and oxygen atoms in total. The number of hydrogen-bond acceptors (Lipinski definition) is 1. The normalized spacial score (nSPS) is 16.5. The molecule has 0 radical (unpaired) electrons. The molecule has 0 spiro atoms. The maximum absolute atomic E-state index is 3.71. The third kappa shape index (κ3) is 3.38. The molecule has 0 amide bonds. The number of benzene rings is 2. The van der Waals surface area contributed by atoms with Gasteiger partial charge in [-0.1, -0.05) is 46.3 Å². The fourth-order valence-corrected chi connectivity index (χ4v) is 3.44. The Morgan fingerprint density at radius 2 is 1.48 bits per heavy atom. The van der Waals surface area contributed by atoms with Crippen LogP contribution in [0.3, 0.4) is 0 Å². The molecule has 2 aromatic carbocycles. The average molecular weight is 344 g/mol. The van der Waals surface area contributed by atoms with Crippen molar-refractivity contribution in [1.29, 1.82) is 0 Å². The third-order valence-electron chi connectivity index (χ3n) is 4.49. The summed E-state index contributed by atoms with van der Waals surface area (Å²) < 4.78 is 1.13. The topological polar surface area (TPSA) is 12.0 Å². The largest absolute Gasteiger partial charge is 0.304 e. The number of hydrogen-bond donors (Lipinski definition) is 1. The lowest BCUT2D eigenvalue weighted by Crippen LogP contribution is -2.22.